The highest BCUT2D eigenvalue weighted by atomic mass is 79.9. The van der Waals surface area contributed by atoms with Gasteiger partial charge in [-0.15, -0.1) is 21.5 Å². The van der Waals surface area contributed by atoms with Gasteiger partial charge in [-0.1, -0.05) is 27.7 Å². The molecule has 1 N–H and O–H groups in total. The number of benzene rings is 1. The molecule has 0 aliphatic carbocycles. The van der Waals surface area contributed by atoms with E-state index in [4.69, 9.17) is 0 Å². The molecule has 0 fully saturated rings. The Labute approximate surface area is 175 Å². The summed E-state index contributed by atoms with van der Waals surface area (Å²) in [6.07, 6.45) is 0. The number of amides is 1. The van der Waals surface area contributed by atoms with Crippen molar-refractivity contribution in [3.8, 4) is 11.4 Å². The molecule has 142 valence electrons. The number of rotatable bonds is 6. The van der Waals surface area contributed by atoms with Crippen molar-refractivity contribution >= 4 is 50.6 Å². The van der Waals surface area contributed by atoms with E-state index < -0.39 is 0 Å². The molecule has 3 aromatic rings. The van der Waals surface area contributed by atoms with Crippen LogP contribution in [0.3, 0.4) is 0 Å². The molecule has 1 aromatic carbocycles. The maximum Gasteiger partial charge on any atom is 0.234 e. The number of nitrogens with one attached hydrogen (secondary N) is 1. The Hall–Kier alpha value is -1.64. The molecule has 0 bridgehead atoms. The lowest BCUT2D eigenvalue weighted by Crippen LogP contribution is -2.15. The minimum atomic E-state index is -0.0651. The van der Waals surface area contributed by atoms with E-state index in [9.17, 15) is 4.79 Å². The van der Waals surface area contributed by atoms with E-state index in [2.05, 4.69) is 69.1 Å². The maximum atomic E-state index is 12.3. The topological polar surface area (TPSA) is 59.8 Å². The Bertz CT molecular complexity index is 947. The van der Waals surface area contributed by atoms with Gasteiger partial charge in [0.1, 0.15) is 0 Å². The third kappa shape index (κ3) is 4.62. The molecule has 1 amide bonds. The number of nitrogens with zero attached hydrogens (tertiary/aromatic N) is 3. The molecule has 0 radical (unpaired) electrons. The number of carbonyl (C=O) groups excluding carboxylic acids is 1. The van der Waals surface area contributed by atoms with Crippen LogP contribution in [0.1, 0.15) is 30.3 Å². The SMILES string of the molecule is Cc1scc(-c2nnc(SCC(=O)Nc3ccc(Br)cc3)n2C(C)C)c1C. The highest BCUT2D eigenvalue weighted by molar-refractivity contribution is 9.10. The van der Waals surface area contributed by atoms with E-state index in [0.717, 1.165) is 26.7 Å². The minimum absolute atomic E-state index is 0.0651. The van der Waals surface area contributed by atoms with Gasteiger partial charge in [0, 0.05) is 32.0 Å². The molecule has 0 aliphatic rings. The van der Waals surface area contributed by atoms with Gasteiger partial charge in [0.25, 0.3) is 0 Å². The van der Waals surface area contributed by atoms with E-state index in [-0.39, 0.29) is 17.7 Å². The highest BCUT2D eigenvalue weighted by Crippen LogP contribution is 2.33. The van der Waals surface area contributed by atoms with Crippen LogP contribution < -0.4 is 5.32 Å². The van der Waals surface area contributed by atoms with Crippen molar-refractivity contribution in [2.24, 2.45) is 0 Å². The monoisotopic (exact) mass is 464 g/mol. The number of anilines is 1. The summed E-state index contributed by atoms with van der Waals surface area (Å²) in [5.74, 6) is 1.08. The van der Waals surface area contributed by atoms with Crippen LogP contribution in [0.5, 0.6) is 0 Å². The molecule has 3 rings (SSSR count). The van der Waals surface area contributed by atoms with Crippen molar-refractivity contribution in [3.05, 3.63) is 44.6 Å². The standard InChI is InChI=1S/C19H21BrN4OS2/c1-11(2)24-18(16-9-26-13(4)12(16)3)22-23-19(24)27-10-17(25)21-15-7-5-14(20)6-8-15/h5-9,11H,10H2,1-4H3,(H,21,25). The van der Waals surface area contributed by atoms with Gasteiger partial charge in [-0.2, -0.15) is 0 Å². The van der Waals surface area contributed by atoms with E-state index in [1.807, 2.05) is 24.3 Å². The third-order valence-electron chi connectivity index (χ3n) is 4.17. The smallest absolute Gasteiger partial charge is 0.234 e. The quantitative estimate of drug-likeness (QED) is 0.475. The number of thioether (sulfide) groups is 1. The first kappa shape index (κ1) is 20.1. The number of halogens is 1. The molecule has 2 aromatic heterocycles. The third-order valence-corrected chi connectivity index (χ3v) is 6.65. The molecule has 0 atom stereocenters. The predicted octanol–water partition coefficient (Wildman–Crippen LogP) is 5.70. The maximum absolute atomic E-state index is 12.3. The summed E-state index contributed by atoms with van der Waals surface area (Å²) in [6, 6.07) is 7.73. The van der Waals surface area contributed by atoms with E-state index in [1.165, 1.54) is 22.2 Å². The van der Waals surface area contributed by atoms with Gasteiger partial charge in [-0.25, -0.2) is 0 Å². The van der Waals surface area contributed by atoms with Gasteiger partial charge in [-0.3, -0.25) is 9.36 Å². The van der Waals surface area contributed by atoms with Crippen molar-refractivity contribution in [3.63, 3.8) is 0 Å². The molecule has 0 spiro atoms. The van der Waals surface area contributed by atoms with Crippen molar-refractivity contribution < 1.29 is 4.79 Å². The first-order valence-corrected chi connectivity index (χ1v) is 11.2. The minimum Gasteiger partial charge on any atom is -0.325 e. The summed E-state index contributed by atoms with van der Waals surface area (Å²) in [7, 11) is 0. The zero-order valence-corrected chi connectivity index (χ0v) is 18.8. The molecule has 0 unspecified atom stereocenters. The molecule has 2 heterocycles. The zero-order valence-electron chi connectivity index (χ0n) is 15.6. The lowest BCUT2D eigenvalue weighted by atomic mass is 10.1. The van der Waals surface area contributed by atoms with Crippen molar-refractivity contribution in [1.29, 1.82) is 0 Å². The second-order valence-electron chi connectivity index (χ2n) is 6.44. The molecule has 0 aliphatic heterocycles. The van der Waals surface area contributed by atoms with Gasteiger partial charge in [0.15, 0.2) is 11.0 Å². The van der Waals surface area contributed by atoms with Crippen LogP contribution in [0.2, 0.25) is 0 Å². The predicted molar refractivity (Wildman–Crippen MR) is 117 cm³/mol. The summed E-state index contributed by atoms with van der Waals surface area (Å²) in [4.78, 5) is 13.6. The Morgan fingerprint density at radius 2 is 1.96 bits per heavy atom. The molecule has 27 heavy (non-hydrogen) atoms. The van der Waals surface area contributed by atoms with Crippen LogP contribution in [-0.4, -0.2) is 26.4 Å². The largest absolute Gasteiger partial charge is 0.325 e. The number of hydrogen-bond acceptors (Lipinski definition) is 5. The Morgan fingerprint density at radius 3 is 2.56 bits per heavy atom. The fourth-order valence-electron chi connectivity index (χ4n) is 2.62. The van der Waals surface area contributed by atoms with Gasteiger partial charge in [0.2, 0.25) is 5.91 Å². The fraction of sp³-hybridized carbons (Fsp3) is 0.316. The van der Waals surface area contributed by atoms with Gasteiger partial charge in [0.05, 0.1) is 5.75 Å². The van der Waals surface area contributed by atoms with Gasteiger partial charge in [-0.05, 0) is 57.5 Å². The first-order valence-electron chi connectivity index (χ1n) is 8.55. The number of aromatic nitrogens is 3. The van der Waals surface area contributed by atoms with Gasteiger partial charge < -0.3 is 5.32 Å². The average Bonchev–Trinajstić information content (AvgIpc) is 3.19. The van der Waals surface area contributed by atoms with Crippen molar-refractivity contribution in [2.75, 3.05) is 11.1 Å². The highest BCUT2D eigenvalue weighted by Gasteiger charge is 2.20. The molecule has 5 nitrogen and oxygen atoms in total. The lowest BCUT2D eigenvalue weighted by Gasteiger charge is -2.13. The Balaban J connectivity index is 1.74. The van der Waals surface area contributed by atoms with Crippen molar-refractivity contribution in [1.82, 2.24) is 14.8 Å². The zero-order chi connectivity index (χ0) is 19.6. The van der Waals surface area contributed by atoms with Gasteiger partial charge >= 0.3 is 0 Å². The van der Waals surface area contributed by atoms with E-state index in [0.29, 0.717) is 0 Å². The average molecular weight is 465 g/mol. The summed E-state index contributed by atoms with van der Waals surface area (Å²) in [6.45, 7) is 8.43. The molecular weight excluding hydrogens is 444 g/mol. The second kappa shape index (κ2) is 8.58. The van der Waals surface area contributed by atoms with E-state index in [1.54, 1.807) is 11.3 Å². The number of aryl methyl sites for hydroxylation is 1. The van der Waals surface area contributed by atoms with Crippen LogP contribution in [0.25, 0.3) is 11.4 Å². The normalized spacial score (nSPS) is 11.2. The first-order chi connectivity index (χ1) is 12.9. The van der Waals surface area contributed by atoms with Crippen LogP contribution in [-0.2, 0) is 4.79 Å². The summed E-state index contributed by atoms with van der Waals surface area (Å²) in [5.41, 5.74) is 3.13. The van der Waals surface area contributed by atoms with Crippen LogP contribution in [0.15, 0.2) is 39.3 Å². The van der Waals surface area contributed by atoms with Crippen molar-refractivity contribution in [2.45, 2.75) is 38.9 Å². The summed E-state index contributed by atoms with van der Waals surface area (Å²) < 4.78 is 3.08. The van der Waals surface area contributed by atoms with Crippen LogP contribution in [0, 0.1) is 13.8 Å². The second-order valence-corrected chi connectivity index (χ2v) is 9.39. The number of carbonyl (C=O) groups is 1. The van der Waals surface area contributed by atoms with Crippen LogP contribution in [0.4, 0.5) is 5.69 Å². The molecular formula is C19H21BrN4OS2. The molecule has 0 saturated heterocycles. The number of thiophene rings is 1. The Kier molecular flexibility index (Phi) is 6.39. The lowest BCUT2D eigenvalue weighted by molar-refractivity contribution is -0.113. The van der Waals surface area contributed by atoms with Crippen LogP contribution >= 0.6 is 39.0 Å². The fourth-order valence-corrected chi connectivity index (χ4v) is 4.61. The molecule has 8 heteroatoms. The van der Waals surface area contributed by atoms with E-state index >= 15 is 0 Å². The number of hydrogen-bond donors (Lipinski definition) is 1. The Morgan fingerprint density at radius 1 is 1.26 bits per heavy atom. The molecule has 0 saturated carbocycles. The summed E-state index contributed by atoms with van der Waals surface area (Å²) >= 11 is 6.51. The summed E-state index contributed by atoms with van der Waals surface area (Å²) in [5, 5.41) is 14.6.